The van der Waals surface area contributed by atoms with Crippen LogP contribution in [0.2, 0.25) is 0 Å². The van der Waals surface area contributed by atoms with Crippen LogP contribution in [0.15, 0.2) is 41.1 Å². The Morgan fingerprint density at radius 3 is 2.93 bits per heavy atom. The van der Waals surface area contributed by atoms with Crippen molar-refractivity contribution in [3.8, 4) is 0 Å². The second kappa shape index (κ2) is 9.36. The summed E-state index contributed by atoms with van der Waals surface area (Å²) in [7, 11) is 3.29. The average Bonchev–Trinajstić information content (AvgIpc) is 3.02. The molecule has 1 unspecified atom stereocenters. The SMILES string of the molecule is C=C(/C=C(F)\C(=C/C)N1C=NN(C)CC1)N1CC(CNC(=S)OC)OC1=O. The molecule has 2 aliphatic rings. The number of cyclic esters (lactones) is 1. The molecule has 0 bridgehead atoms. The molecule has 1 fully saturated rings. The van der Waals surface area contributed by atoms with Crippen LogP contribution >= 0.6 is 12.2 Å². The topological polar surface area (TPSA) is 69.6 Å². The highest BCUT2D eigenvalue weighted by Crippen LogP contribution is 2.22. The standard InChI is InChI=1S/C17H24FN5O3S/c1-5-15(22-7-6-21(3)20-11-22)14(18)8-12(2)23-10-13(26-17(23)24)9-19-16(27)25-4/h5,8,11,13H,2,6-7,9-10H2,1,3-4H3,(H,19,27)/b14-8+,15-5+. The molecule has 8 nitrogen and oxygen atoms in total. The van der Waals surface area contributed by atoms with Crippen LogP contribution in [0, 0.1) is 0 Å². The van der Waals surface area contributed by atoms with E-state index in [9.17, 15) is 9.18 Å². The predicted molar refractivity (Wildman–Crippen MR) is 105 cm³/mol. The highest BCUT2D eigenvalue weighted by atomic mass is 32.1. The number of hydrogen-bond acceptors (Lipinski definition) is 7. The van der Waals surface area contributed by atoms with Crippen LogP contribution in [0.5, 0.6) is 0 Å². The summed E-state index contributed by atoms with van der Waals surface area (Å²) in [6.45, 7) is 7.35. The molecular weight excluding hydrogens is 373 g/mol. The molecule has 1 N–H and O–H groups in total. The Morgan fingerprint density at radius 1 is 1.59 bits per heavy atom. The van der Waals surface area contributed by atoms with E-state index in [0.29, 0.717) is 25.3 Å². The summed E-state index contributed by atoms with van der Waals surface area (Å²) in [5.41, 5.74) is 0.573. The van der Waals surface area contributed by atoms with Crippen molar-refractivity contribution in [3.63, 3.8) is 0 Å². The zero-order valence-electron chi connectivity index (χ0n) is 15.6. The van der Waals surface area contributed by atoms with Crippen molar-refractivity contribution in [2.75, 3.05) is 40.3 Å². The van der Waals surface area contributed by atoms with Gasteiger partial charge < -0.3 is 19.7 Å². The van der Waals surface area contributed by atoms with E-state index in [0.717, 1.165) is 0 Å². The molecule has 148 valence electrons. The van der Waals surface area contributed by atoms with Crippen LogP contribution in [0.1, 0.15) is 6.92 Å². The van der Waals surface area contributed by atoms with Gasteiger partial charge in [0.15, 0.2) is 0 Å². The molecule has 0 aromatic carbocycles. The summed E-state index contributed by atoms with van der Waals surface area (Å²) in [6, 6.07) is 0. The van der Waals surface area contributed by atoms with Gasteiger partial charge in [0.1, 0.15) is 18.3 Å². The number of allylic oxidation sites excluding steroid dienone is 3. The molecule has 0 radical (unpaired) electrons. The van der Waals surface area contributed by atoms with E-state index in [-0.39, 0.29) is 17.4 Å². The maximum absolute atomic E-state index is 14.8. The molecule has 0 spiro atoms. The van der Waals surface area contributed by atoms with Crippen LogP contribution in [0.3, 0.4) is 0 Å². The lowest BCUT2D eigenvalue weighted by molar-refractivity contribution is 0.135. The molecule has 1 atom stereocenters. The lowest BCUT2D eigenvalue weighted by Crippen LogP contribution is -2.35. The molecule has 2 rings (SSSR count). The number of nitrogens with one attached hydrogen (secondary N) is 1. The number of rotatable bonds is 6. The van der Waals surface area contributed by atoms with Crippen molar-refractivity contribution in [2.24, 2.45) is 5.10 Å². The fourth-order valence-electron chi connectivity index (χ4n) is 2.57. The summed E-state index contributed by atoms with van der Waals surface area (Å²) in [5.74, 6) is -0.506. The number of hydrogen-bond donors (Lipinski definition) is 1. The second-order valence-electron chi connectivity index (χ2n) is 5.95. The maximum atomic E-state index is 14.8. The first-order chi connectivity index (χ1) is 12.8. The van der Waals surface area contributed by atoms with Crippen LogP contribution in [-0.4, -0.2) is 78.9 Å². The number of likely N-dealkylation sites (N-methyl/N-ethyl adjacent to an activating group) is 1. The first kappa shape index (κ1) is 20.7. The molecule has 0 aromatic heterocycles. The average molecular weight is 397 g/mol. The number of ether oxygens (including phenoxy) is 2. The smallest absolute Gasteiger partial charge is 0.414 e. The van der Waals surface area contributed by atoms with Crippen molar-refractivity contribution in [1.29, 1.82) is 0 Å². The number of carbonyl (C=O) groups is 1. The van der Waals surface area contributed by atoms with Crippen LogP contribution in [-0.2, 0) is 9.47 Å². The highest BCUT2D eigenvalue weighted by molar-refractivity contribution is 7.80. The highest BCUT2D eigenvalue weighted by Gasteiger charge is 2.32. The molecule has 2 aliphatic heterocycles. The molecule has 2 heterocycles. The minimum absolute atomic E-state index is 0.208. The summed E-state index contributed by atoms with van der Waals surface area (Å²) < 4.78 is 24.8. The van der Waals surface area contributed by atoms with Crippen LogP contribution < -0.4 is 5.32 Å². The van der Waals surface area contributed by atoms with Crippen molar-refractivity contribution in [2.45, 2.75) is 13.0 Å². The molecule has 0 saturated carbocycles. The van der Waals surface area contributed by atoms with E-state index in [1.807, 2.05) is 7.05 Å². The van der Waals surface area contributed by atoms with E-state index < -0.39 is 18.0 Å². The lowest BCUT2D eigenvalue weighted by Gasteiger charge is -2.28. The van der Waals surface area contributed by atoms with Gasteiger partial charge >= 0.3 is 6.09 Å². The molecular formula is C17H24FN5O3S. The van der Waals surface area contributed by atoms with E-state index >= 15 is 0 Å². The number of carbonyl (C=O) groups excluding carboxylic acids is 1. The summed E-state index contributed by atoms with van der Waals surface area (Å²) in [6.07, 6.45) is 3.42. The Morgan fingerprint density at radius 2 is 2.33 bits per heavy atom. The number of halogens is 1. The van der Waals surface area contributed by atoms with Gasteiger partial charge in [0, 0.05) is 19.3 Å². The normalized spacial score (nSPS) is 20.7. The predicted octanol–water partition coefficient (Wildman–Crippen LogP) is 1.79. The van der Waals surface area contributed by atoms with Gasteiger partial charge in [-0.15, -0.1) is 0 Å². The third-order valence-corrected chi connectivity index (χ3v) is 4.36. The van der Waals surface area contributed by atoms with Crippen LogP contribution in [0.4, 0.5) is 9.18 Å². The molecule has 27 heavy (non-hydrogen) atoms. The fourth-order valence-corrected chi connectivity index (χ4v) is 2.66. The van der Waals surface area contributed by atoms with Crippen LogP contribution in [0.25, 0.3) is 0 Å². The van der Waals surface area contributed by atoms with Gasteiger partial charge in [0.05, 0.1) is 32.4 Å². The van der Waals surface area contributed by atoms with Gasteiger partial charge in [-0.25, -0.2) is 9.18 Å². The number of amides is 1. The Balaban J connectivity index is 2.00. The molecule has 1 saturated heterocycles. The Hall–Kier alpha value is -2.62. The minimum atomic E-state index is -0.581. The van der Waals surface area contributed by atoms with Crippen molar-refractivity contribution in [1.82, 2.24) is 20.1 Å². The Bertz CT molecular complexity index is 694. The number of nitrogens with zero attached hydrogens (tertiary/aromatic N) is 4. The Kier molecular flexibility index (Phi) is 7.17. The fraction of sp³-hybridized carbons (Fsp3) is 0.471. The Labute approximate surface area is 163 Å². The monoisotopic (exact) mass is 397 g/mol. The van der Waals surface area contributed by atoms with E-state index in [1.165, 1.54) is 18.1 Å². The molecule has 10 heteroatoms. The van der Waals surface area contributed by atoms with Gasteiger partial charge in [-0.3, -0.25) is 9.91 Å². The van der Waals surface area contributed by atoms with E-state index in [2.05, 4.69) is 17.0 Å². The molecule has 0 aromatic rings. The summed E-state index contributed by atoms with van der Waals surface area (Å²) in [4.78, 5) is 15.0. The van der Waals surface area contributed by atoms with Gasteiger partial charge in [-0.2, -0.15) is 5.10 Å². The number of hydrazone groups is 1. The minimum Gasteiger partial charge on any atom is -0.474 e. The molecule has 1 amide bonds. The lowest BCUT2D eigenvalue weighted by atomic mass is 10.2. The summed E-state index contributed by atoms with van der Waals surface area (Å²) in [5, 5.41) is 8.95. The first-order valence-corrected chi connectivity index (χ1v) is 8.81. The maximum Gasteiger partial charge on any atom is 0.414 e. The zero-order chi connectivity index (χ0) is 20.0. The molecule has 0 aliphatic carbocycles. The van der Waals surface area contributed by atoms with E-state index in [1.54, 1.807) is 29.2 Å². The van der Waals surface area contributed by atoms with Crippen molar-refractivity contribution in [3.05, 3.63) is 36.0 Å². The van der Waals surface area contributed by atoms with Gasteiger partial charge in [-0.1, -0.05) is 12.7 Å². The van der Waals surface area contributed by atoms with Gasteiger partial charge in [0.25, 0.3) is 5.17 Å². The summed E-state index contributed by atoms with van der Waals surface area (Å²) >= 11 is 4.88. The van der Waals surface area contributed by atoms with E-state index in [4.69, 9.17) is 21.7 Å². The second-order valence-corrected chi connectivity index (χ2v) is 6.32. The largest absolute Gasteiger partial charge is 0.474 e. The quantitative estimate of drug-likeness (QED) is 0.541. The third-order valence-electron chi connectivity index (χ3n) is 4.05. The van der Waals surface area contributed by atoms with Crippen molar-refractivity contribution >= 4 is 29.8 Å². The number of methoxy groups -OCH3 is 1. The van der Waals surface area contributed by atoms with Gasteiger partial charge in [0.2, 0.25) is 0 Å². The first-order valence-electron chi connectivity index (χ1n) is 8.40. The number of thiocarbonyl (C=S) groups is 1. The van der Waals surface area contributed by atoms with Gasteiger partial charge in [-0.05, 0) is 25.2 Å². The van der Waals surface area contributed by atoms with Crippen molar-refractivity contribution < 1.29 is 18.7 Å². The third kappa shape index (κ3) is 5.43. The zero-order valence-corrected chi connectivity index (χ0v) is 16.5.